The van der Waals surface area contributed by atoms with Gasteiger partial charge in [-0.2, -0.15) is 0 Å². The Balaban J connectivity index is 2.04. The van der Waals surface area contributed by atoms with E-state index in [0.717, 1.165) is 19.5 Å². The van der Waals surface area contributed by atoms with Crippen molar-refractivity contribution in [2.24, 2.45) is 0 Å². The molecule has 1 saturated heterocycles. The maximum absolute atomic E-state index is 11.9. The highest BCUT2D eigenvalue weighted by molar-refractivity contribution is 6.29. The van der Waals surface area contributed by atoms with Crippen molar-refractivity contribution in [2.75, 3.05) is 25.9 Å². The van der Waals surface area contributed by atoms with Crippen LogP contribution >= 0.6 is 11.6 Å². The van der Waals surface area contributed by atoms with Crippen LogP contribution in [0.3, 0.4) is 0 Å². The summed E-state index contributed by atoms with van der Waals surface area (Å²) in [5.41, 5.74) is 6.00. The minimum Gasteiger partial charge on any atom is -0.384 e. The zero-order valence-electron chi connectivity index (χ0n) is 9.61. The molecular weight excluding hydrogens is 240 g/mol. The van der Waals surface area contributed by atoms with Crippen LogP contribution in [-0.2, 0) is 0 Å². The molecule has 0 aromatic carbocycles. The van der Waals surface area contributed by atoms with Crippen LogP contribution in [0.5, 0.6) is 0 Å². The number of hydrogen-bond acceptors (Lipinski definition) is 4. The van der Waals surface area contributed by atoms with Gasteiger partial charge in [-0.3, -0.25) is 4.79 Å². The number of nitrogens with zero attached hydrogens (tertiary/aromatic N) is 2. The van der Waals surface area contributed by atoms with Crippen LogP contribution in [0.2, 0.25) is 5.15 Å². The van der Waals surface area contributed by atoms with E-state index in [1.54, 1.807) is 0 Å². The lowest BCUT2D eigenvalue weighted by Gasteiger charge is -2.13. The molecule has 0 bridgehead atoms. The summed E-state index contributed by atoms with van der Waals surface area (Å²) in [5, 5.41) is 3.19. The monoisotopic (exact) mass is 254 g/mol. The van der Waals surface area contributed by atoms with E-state index >= 15 is 0 Å². The summed E-state index contributed by atoms with van der Waals surface area (Å²) in [6, 6.07) is 3.24. The first-order valence-electron chi connectivity index (χ1n) is 5.47. The first-order valence-corrected chi connectivity index (χ1v) is 5.85. The van der Waals surface area contributed by atoms with Crippen LogP contribution in [0.4, 0.5) is 5.82 Å². The number of rotatable bonds is 2. The Morgan fingerprint density at radius 3 is 3.00 bits per heavy atom. The van der Waals surface area contributed by atoms with Crippen molar-refractivity contribution in [3.8, 4) is 0 Å². The van der Waals surface area contributed by atoms with Gasteiger partial charge in [0.25, 0.3) is 5.91 Å². The maximum atomic E-state index is 11.9. The molecule has 0 radical (unpaired) electrons. The van der Waals surface area contributed by atoms with Gasteiger partial charge in [0.2, 0.25) is 0 Å². The third kappa shape index (κ3) is 3.08. The normalized spacial score (nSPS) is 20.5. The van der Waals surface area contributed by atoms with Gasteiger partial charge in [-0.05, 0) is 32.1 Å². The minimum absolute atomic E-state index is 0.152. The third-order valence-corrected chi connectivity index (χ3v) is 3.00. The number of likely N-dealkylation sites (tertiary alicyclic amines) is 1. The number of amides is 1. The number of aromatic nitrogens is 1. The number of halogens is 1. The predicted octanol–water partition coefficient (Wildman–Crippen LogP) is 0.751. The molecule has 0 spiro atoms. The topological polar surface area (TPSA) is 71.2 Å². The largest absolute Gasteiger partial charge is 0.384 e. The summed E-state index contributed by atoms with van der Waals surface area (Å²) < 4.78 is 0. The lowest BCUT2D eigenvalue weighted by atomic mass is 10.2. The fourth-order valence-electron chi connectivity index (χ4n) is 1.97. The molecule has 92 valence electrons. The standard InChI is InChI=1S/C11H15ClN4O/c1-16-3-2-8(6-16)14-11(17)7-4-9(12)15-10(13)5-7/h4-5,8H,2-3,6H2,1H3,(H2,13,15)(H,14,17). The number of anilines is 1. The third-order valence-electron chi connectivity index (χ3n) is 2.80. The predicted molar refractivity (Wildman–Crippen MR) is 67.0 cm³/mol. The highest BCUT2D eigenvalue weighted by Crippen LogP contribution is 2.13. The van der Waals surface area contributed by atoms with Crippen molar-refractivity contribution in [2.45, 2.75) is 12.5 Å². The van der Waals surface area contributed by atoms with Crippen molar-refractivity contribution >= 4 is 23.3 Å². The summed E-state index contributed by atoms with van der Waals surface area (Å²) >= 11 is 5.75. The quantitative estimate of drug-likeness (QED) is 0.764. The van der Waals surface area contributed by atoms with Crippen LogP contribution in [-0.4, -0.2) is 42.0 Å². The van der Waals surface area contributed by atoms with Crippen LogP contribution < -0.4 is 11.1 Å². The number of pyridine rings is 1. The van der Waals surface area contributed by atoms with Gasteiger partial charge in [-0.1, -0.05) is 11.6 Å². The van der Waals surface area contributed by atoms with E-state index in [2.05, 4.69) is 15.2 Å². The van der Waals surface area contributed by atoms with Gasteiger partial charge in [0.15, 0.2) is 0 Å². The van der Waals surface area contributed by atoms with Crippen molar-refractivity contribution < 1.29 is 4.79 Å². The molecule has 1 aliphatic heterocycles. The fraction of sp³-hybridized carbons (Fsp3) is 0.455. The van der Waals surface area contributed by atoms with E-state index in [4.69, 9.17) is 17.3 Å². The summed E-state index contributed by atoms with van der Waals surface area (Å²) in [7, 11) is 2.04. The average Bonchev–Trinajstić information content (AvgIpc) is 2.62. The molecule has 1 unspecified atom stereocenters. The molecule has 17 heavy (non-hydrogen) atoms. The fourth-order valence-corrected chi connectivity index (χ4v) is 2.18. The second-order valence-corrected chi connectivity index (χ2v) is 4.71. The van der Waals surface area contributed by atoms with Crippen molar-refractivity contribution in [1.29, 1.82) is 0 Å². The number of carbonyl (C=O) groups is 1. The Morgan fingerprint density at radius 2 is 2.41 bits per heavy atom. The average molecular weight is 255 g/mol. The van der Waals surface area contributed by atoms with Gasteiger partial charge in [0.1, 0.15) is 11.0 Å². The molecular formula is C11H15ClN4O. The molecule has 1 fully saturated rings. The van der Waals surface area contributed by atoms with Crippen molar-refractivity contribution in [3.63, 3.8) is 0 Å². The van der Waals surface area contributed by atoms with Crippen LogP contribution in [0.15, 0.2) is 12.1 Å². The van der Waals surface area contributed by atoms with E-state index < -0.39 is 0 Å². The molecule has 0 saturated carbocycles. The molecule has 6 heteroatoms. The van der Waals surface area contributed by atoms with E-state index in [0.29, 0.717) is 5.56 Å². The summed E-state index contributed by atoms with van der Waals surface area (Å²) in [5.74, 6) is 0.104. The molecule has 1 aliphatic rings. The molecule has 3 N–H and O–H groups in total. The molecule has 5 nitrogen and oxygen atoms in total. The summed E-state index contributed by atoms with van der Waals surface area (Å²) in [4.78, 5) is 17.9. The SMILES string of the molecule is CN1CCC(NC(=O)c2cc(N)nc(Cl)c2)C1. The van der Waals surface area contributed by atoms with Gasteiger partial charge in [0.05, 0.1) is 0 Å². The van der Waals surface area contributed by atoms with Gasteiger partial charge < -0.3 is 16.0 Å². The Labute approximate surface area is 105 Å². The second-order valence-electron chi connectivity index (χ2n) is 4.32. The Kier molecular flexibility index (Phi) is 3.49. The van der Waals surface area contributed by atoms with E-state index in [1.807, 2.05) is 7.05 Å². The molecule has 1 atom stereocenters. The molecule has 1 aromatic heterocycles. The van der Waals surface area contributed by atoms with Crippen molar-refractivity contribution in [3.05, 3.63) is 22.8 Å². The first-order chi connectivity index (χ1) is 8.04. The zero-order valence-corrected chi connectivity index (χ0v) is 10.4. The van der Waals surface area contributed by atoms with Gasteiger partial charge >= 0.3 is 0 Å². The van der Waals surface area contributed by atoms with Gasteiger partial charge in [0, 0.05) is 18.2 Å². The second kappa shape index (κ2) is 4.89. The molecule has 2 heterocycles. The Bertz CT molecular complexity index is 417. The van der Waals surface area contributed by atoms with Crippen LogP contribution in [0.25, 0.3) is 0 Å². The number of nitrogens with two attached hydrogens (primary N) is 1. The minimum atomic E-state index is -0.152. The summed E-state index contributed by atoms with van der Waals surface area (Å²) in [6.07, 6.45) is 0.969. The van der Waals surface area contributed by atoms with Gasteiger partial charge in [-0.15, -0.1) is 0 Å². The Morgan fingerprint density at radius 1 is 1.65 bits per heavy atom. The first kappa shape index (κ1) is 12.1. The summed E-state index contributed by atoms with van der Waals surface area (Å²) in [6.45, 7) is 1.88. The van der Waals surface area contributed by atoms with Crippen LogP contribution in [0, 0.1) is 0 Å². The van der Waals surface area contributed by atoms with E-state index in [9.17, 15) is 4.79 Å². The number of nitrogens with one attached hydrogen (secondary N) is 1. The zero-order chi connectivity index (χ0) is 12.4. The van der Waals surface area contributed by atoms with Crippen LogP contribution in [0.1, 0.15) is 16.8 Å². The number of carbonyl (C=O) groups excluding carboxylic acids is 1. The maximum Gasteiger partial charge on any atom is 0.251 e. The molecule has 1 aromatic rings. The lowest BCUT2D eigenvalue weighted by Crippen LogP contribution is -2.36. The van der Waals surface area contributed by atoms with E-state index in [-0.39, 0.29) is 22.9 Å². The highest BCUT2D eigenvalue weighted by atomic mass is 35.5. The molecule has 0 aliphatic carbocycles. The lowest BCUT2D eigenvalue weighted by molar-refractivity contribution is 0.0938. The number of hydrogen-bond donors (Lipinski definition) is 2. The number of nitrogen functional groups attached to an aromatic ring is 1. The van der Waals surface area contributed by atoms with Crippen molar-refractivity contribution in [1.82, 2.24) is 15.2 Å². The molecule has 1 amide bonds. The Hall–Kier alpha value is -1.33. The van der Waals surface area contributed by atoms with Gasteiger partial charge in [-0.25, -0.2) is 4.98 Å². The molecule has 2 rings (SSSR count). The smallest absolute Gasteiger partial charge is 0.251 e. The number of likely N-dealkylation sites (N-methyl/N-ethyl adjacent to an activating group) is 1. The highest BCUT2D eigenvalue weighted by Gasteiger charge is 2.21. The van der Waals surface area contributed by atoms with E-state index in [1.165, 1.54) is 12.1 Å².